The summed E-state index contributed by atoms with van der Waals surface area (Å²) >= 11 is 0. The maximum absolute atomic E-state index is 6.63. The average molecular weight is 297 g/mol. The molecule has 3 N–H and O–H groups in total. The minimum absolute atomic E-state index is 0. The Morgan fingerprint density at radius 1 is 0.850 bits per heavy atom. The molecular formula is C17H29ClN2. The van der Waals surface area contributed by atoms with Crippen molar-refractivity contribution in [1.82, 2.24) is 5.32 Å². The summed E-state index contributed by atoms with van der Waals surface area (Å²) in [5.41, 5.74) is 15.1. The molecule has 20 heavy (non-hydrogen) atoms. The molecule has 1 aliphatic heterocycles. The van der Waals surface area contributed by atoms with Crippen molar-refractivity contribution in [2.24, 2.45) is 11.7 Å². The highest BCUT2D eigenvalue weighted by Crippen LogP contribution is 2.35. The number of halogens is 1. The van der Waals surface area contributed by atoms with E-state index in [1.807, 2.05) is 0 Å². The van der Waals surface area contributed by atoms with Gasteiger partial charge in [-0.15, -0.1) is 12.4 Å². The molecule has 2 rings (SSSR count). The molecule has 0 radical (unpaired) electrons. The molecule has 3 heteroatoms. The van der Waals surface area contributed by atoms with Crippen molar-refractivity contribution in [3.8, 4) is 0 Å². The highest BCUT2D eigenvalue weighted by atomic mass is 35.5. The first-order valence-corrected chi connectivity index (χ1v) is 7.48. The third kappa shape index (κ3) is 3.03. The van der Waals surface area contributed by atoms with Crippen LogP contribution in [0.2, 0.25) is 0 Å². The first-order chi connectivity index (χ1) is 8.95. The molecule has 1 aromatic carbocycles. The first kappa shape index (κ1) is 17.5. The molecule has 0 unspecified atom stereocenters. The molecule has 0 spiro atoms. The van der Waals surface area contributed by atoms with E-state index in [2.05, 4.69) is 39.9 Å². The van der Waals surface area contributed by atoms with Crippen molar-refractivity contribution >= 4 is 12.4 Å². The van der Waals surface area contributed by atoms with Crippen LogP contribution in [0.1, 0.15) is 52.3 Å². The summed E-state index contributed by atoms with van der Waals surface area (Å²) in [6.07, 6.45) is 2.40. The SMILES string of the molecule is Cc1c(C)c(C)c([C@H](N)C2CCNCC2)c(C)c1C.Cl. The van der Waals surface area contributed by atoms with Crippen LogP contribution >= 0.6 is 12.4 Å². The van der Waals surface area contributed by atoms with E-state index >= 15 is 0 Å². The zero-order chi connectivity index (χ0) is 14.2. The summed E-state index contributed by atoms with van der Waals surface area (Å²) < 4.78 is 0. The number of benzene rings is 1. The molecule has 2 nitrogen and oxygen atoms in total. The van der Waals surface area contributed by atoms with Gasteiger partial charge in [-0.3, -0.25) is 0 Å². The van der Waals surface area contributed by atoms with Gasteiger partial charge >= 0.3 is 0 Å². The van der Waals surface area contributed by atoms with Gasteiger partial charge in [0.25, 0.3) is 0 Å². The van der Waals surface area contributed by atoms with Crippen LogP contribution in [0.3, 0.4) is 0 Å². The predicted molar refractivity (Wildman–Crippen MR) is 89.9 cm³/mol. The van der Waals surface area contributed by atoms with Crippen LogP contribution in [0.15, 0.2) is 0 Å². The Bertz CT molecular complexity index is 447. The second kappa shape index (κ2) is 6.93. The molecule has 0 saturated carbocycles. The van der Waals surface area contributed by atoms with Gasteiger partial charge in [-0.2, -0.15) is 0 Å². The molecule has 1 aromatic rings. The van der Waals surface area contributed by atoms with E-state index in [0.29, 0.717) is 5.92 Å². The summed E-state index contributed by atoms with van der Waals surface area (Å²) in [6, 6.07) is 0.195. The predicted octanol–water partition coefficient (Wildman–Crippen LogP) is 3.65. The summed E-state index contributed by atoms with van der Waals surface area (Å²) in [5, 5.41) is 3.43. The van der Waals surface area contributed by atoms with Gasteiger partial charge in [0.2, 0.25) is 0 Å². The fourth-order valence-electron chi connectivity index (χ4n) is 3.47. The van der Waals surface area contributed by atoms with Crippen molar-refractivity contribution in [3.63, 3.8) is 0 Å². The van der Waals surface area contributed by atoms with Gasteiger partial charge in [-0.25, -0.2) is 0 Å². The molecule has 0 amide bonds. The normalized spacial score (nSPS) is 17.7. The standard InChI is InChI=1S/C17H28N2.ClH/c1-10-11(2)13(4)16(14(5)12(10)3)17(18)15-6-8-19-9-7-15;/h15,17,19H,6-9,18H2,1-5H3;1H/t17-;/m1./s1. The quantitative estimate of drug-likeness (QED) is 0.874. The number of rotatable bonds is 2. The molecule has 1 aliphatic rings. The monoisotopic (exact) mass is 296 g/mol. The highest BCUT2D eigenvalue weighted by Gasteiger charge is 2.25. The minimum Gasteiger partial charge on any atom is -0.324 e. The lowest BCUT2D eigenvalue weighted by Crippen LogP contribution is -2.34. The van der Waals surface area contributed by atoms with Crippen LogP contribution in [0.25, 0.3) is 0 Å². The van der Waals surface area contributed by atoms with Crippen molar-refractivity contribution < 1.29 is 0 Å². The number of nitrogens with two attached hydrogens (primary N) is 1. The molecule has 0 aromatic heterocycles. The van der Waals surface area contributed by atoms with Crippen LogP contribution in [-0.4, -0.2) is 13.1 Å². The van der Waals surface area contributed by atoms with E-state index in [1.54, 1.807) is 0 Å². The van der Waals surface area contributed by atoms with E-state index in [4.69, 9.17) is 5.73 Å². The Morgan fingerprint density at radius 3 is 1.70 bits per heavy atom. The third-order valence-electron chi connectivity index (χ3n) is 5.28. The topological polar surface area (TPSA) is 38.0 Å². The van der Waals surface area contributed by atoms with Gasteiger partial charge in [-0.05, 0) is 99.8 Å². The lowest BCUT2D eigenvalue weighted by atomic mass is 9.79. The van der Waals surface area contributed by atoms with Gasteiger partial charge in [0.15, 0.2) is 0 Å². The highest BCUT2D eigenvalue weighted by molar-refractivity contribution is 5.85. The fourth-order valence-corrected chi connectivity index (χ4v) is 3.47. The smallest absolute Gasteiger partial charge is 0.0329 e. The third-order valence-corrected chi connectivity index (χ3v) is 5.28. The number of hydrogen-bond acceptors (Lipinski definition) is 2. The molecule has 114 valence electrons. The second-order valence-corrected chi connectivity index (χ2v) is 6.15. The van der Waals surface area contributed by atoms with Gasteiger partial charge in [0.05, 0.1) is 0 Å². The van der Waals surface area contributed by atoms with Crippen LogP contribution < -0.4 is 11.1 Å². The van der Waals surface area contributed by atoms with Gasteiger partial charge in [0, 0.05) is 6.04 Å². The van der Waals surface area contributed by atoms with Crippen molar-refractivity contribution in [3.05, 3.63) is 33.4 Å². The lowest BCUT2D eigenvalue weighted by molar-refractivity contribution is 0.320. The summed E-state index contributed by atoms with van der Waals surface area (Å²) in [4.78, 5) is 0. The summed E-state index contributed by atoms with van der Waals surface area (Å²) in [7, 11) is 0. The van der Waals surface area contributed by atoms with Gasteiger partial charge in [0.1, 0.15) is 0 Å². The molecule has 1 fully saturated rings. The summed E-state index contributed by atoms with van der Waals surface area (Å²) in [5.74, 6) is 0.625. The number of hydrogen-bond donors (Lipinski definition) is 2. The van der Waals surface area contributed by atoms with E-state index in [0.717, 1.165) is 13.1 Å². The molecule has 1 saturated heterocycles. The molecular weight excluding hydrogens is 268 g/mol. The Balaban J connectivity index is 0.00000200. The van der Waals surface area contributed by atoms with Crippen LogP contribution in [0.5, 0.6) is 0 Å². The Labute approximate surface area is 129 Å². The molecule has 1 heterocycles. The zero-order valence-electron chi connectivity index (χ0n) is 13.5. The maximum atomic E-state index is 6.63. The summed E-state index contributed by atoms with van der Waals surface area (Å²) in [6.45, 7) is 13.4. The largest absolute Gasteiger partial charge is 0.324 e. The van der Waals surface area contributed by atoms with Crippen LogP contribution in [0, 0.1) is 40.5 Å². The van der Waals surface area contributed by atoms with Crippen molar-refractivity contribution in [1.29, 1.82) is 0 Å². The Morgan fingerprint density at radius 2 is 1.25 bits per heavy atom. The van der Waals surface area contributed by atoms with Crippen molar-refractivity contribution in [2.45, 2.75) is 53.5 Å². The fraction of sp³-hybridized carbons (Fsp3) is 0.647. The number of piperidine rings is 1. The molecule has 1 atom stereocenters. The molecule has 0 bridgehead atoms. The molecule has 0 aliphatic carbocycles. The second-order valence-electron chi connectivity index (χ2n) is 6.15. The van der Waals surface area contributed by atoms with E-state index in [9.17, 15) is 0 Å². The Kier molecular flexibility index (Phi) is 6.06. The maximum Gasteiger partial charge on any atom is 0.0329 e. The van der Waals surface area contributed by atoms with Crippen molar-refractivity contribution in [2.75, 3.05) is 13.1 Å². The van der Waals surface area contributed by atoms with Gasteiger partial charge < -0.3 is 11.1 Å². The average Bonchev–Trinajstić information content (AvgIpc) is 2.44. The first-order valence-electron chi connectivity index (χ1n) is 7.48. The van der Waals surface area contributed by atoms with Crippen LogP contribution in [-0.2, 0) is 0 Å². The van der Waals surface area contributed by atoms with E-state index in [1.165, 1.54) is 46.2 Å². The lowest BCUT2D eigenvalue weighted by Gasteiger charge is -2.32. The van der Waals surface area contributed by atoms with E-state index < -0.39 is 0 Å². The van der Waals surface area contributed by atoms with Gasteiger partial charge in [-0.1, -0.05) is 0 Å². The Hall–Kier alpha value is -0.570. The number of nitrogens with one attached hydrogen (secondary N) is 1. The minimum atomic E-state index is 0. The van der Waals surface area contributed by atoms with E-state index in [-0.39, 0.29) is 18.4 Å². The zero-order valence-corrected chi connectivity index (χ0v) is 14.3. The van der Waals surface area contributed by atoms with Crippen LogP contribution in [0.4, 0.5) is 0 Å².